The number of halogens is 1. The third kappa shape index (κ3) is 3.65. The molecule has 0 aliphatic heterocycles. The van der Waals surface area contributed by atoms with Crippen LogP contribution in [0.1, 0.15) is 39.0 Å². The van der Waals surface area contributed by atoms with E-state index in [1.54, 1.807) is 13.8 Å². The van der Waals surface area contributed by atoms with Crippen molar-refractivity contribution < 1.29 is 14.3 Å². The van der Waals surface area contributed by atoms with E-state index in [1.807, 2.05) is 6.92 Å². The molecule has 0 fully saturated rings. The Morgan fingerprint density at radius 2 is 1.95 bits per heavy atom. The van der Waals surface area contributed by atoms with Crippen LogP contribution in [-0.2, 0) is 0 Å². The van der Waals surface area contributed by atoms with Gasteiger partial charge in [0.15, 0.2) is 0 Å². The standard InChI is InChI=1S/C15H17FN2O2S/c1-8(13(19)11-4-6-12(16)7-5-11)18-15(20)14-9(2)17-10(3)21-14/h4-8,13,19H,1-3H3,(H,18,20). The molecule has 2 aromatic rings. The van der Waals surface area contributed by atoms with Crippen molar-refractivity contribution >= 4 is 17.2 Å². The molecule has 0 aliphatic carbocycles. The fraction of sp³-hybridized carbons (Fsp3) is 0.333. The molecule has 0 saturated carbocycles. The number of thiazole rings is 1. The zero-order valence-electron chi connectivity index (χ0n) is 12.1. The van der Waals surface area contributed by atoms with Gasteiger partial charge in [-0.05, 0) is 38.5 Å². The van der Waals surface area contributed by atoms with Crippen LogP contribution in [0.3, 0.4) is 0 Å². The molecule has 1 heterocycles. The zero-order chi connectivity index (χ0) is 15.6. The monoisotopic (exact) mass is 308 g/mol. The summed E-state index contributed by atoms with van der Waals surface area (Å²) in [5, 5.41) is 13.8. The molecule has 0 radical (unpaired) electrons. The predicted octanol–water partition coefficient (Wildman–Crippen LogP) is 2.75. The van der Waals surface area contributed by atoms with E-state index in [1.165, 1.54) is 35.6 Å². The maximum Gasteiger partial charge on any atom is 0.263 e. The number of aliphatic hydroxyl groups is 1. The van der Waals surface area contributed by atoms with Crippen molar-refractivity contribution in [3.63, 3.8) is 0 Å². The number of aliphatic hydroxyl groups excluding tert-OH is 1. The van der Waals surface area contributed by atoms with Gasteiger partial charge in [0.1, 0.15) is 10.7 Å². The van der Waals surface area contributed by atoms with Crippen LogP contribution in [0, 0.1) is 19.7 Å². The molecule has 4 nitrogen and oxygen atoms in total. The van der Waals surface area contributed by atoms with Gasteiger partial charge in [-0.3, -0.25) is 4.79 Å². The van der Waals surface area contributed by atoms with E-state index in [0.717, 1.165) is 5.01 Å². The van der Waals surface area contributed by atoms with Gasteiger partial charge in [0.2, 0.25) is 0 Å². The smallest absolute Gasteiger partial charge is 0.263 e. The number of rotatable bonds is 4. The zero-order valence-corrected chi connectivity index (χ0v) is 12.9. The van der Waals surface area contributed by atoms with E-state index in [2.05, 4.69) is 10.3 Å². The summed E-state index contributed by atoms with van der Waals surface area (Å²) in [5.41, 5.74) is 1.24. The number of aromatic nitrogens is 1. The van der Waals surface area contributed by atoms with Crippen molar-refractivity contribution in [1.82, 2.24) is 10.3 Å². The quantitative estimate of drug-likeness (QED) is 0.913. The molecule has 21 heavy (non-hydrogen) atoms. The Kier molecular flexibility index (Phi) is 4.69. The van der Waals surface area contributed by atoms with Crippen LogP contribution >= 0.6 is 11.3 Å². The molecule has 112 valence electrons. The number of aryl methyl sites for hydroxylation is 2. The van der Waals surface area contributed by atoms with Crippen LogP contribution in [0.25, 0.3) is 0 Å². The van der Waals surface area contributed by atoms with Crippen molar-refractivity contribution in [3.8, 4) is 0 Å². The van der Waals surface area contributed by atoms with E-state index in [4.69, 9.17) is 0 Å². The normalized spacial score (nSPS) is 13.8. The minimum absolute atomic E-state index is 0.258. The minimum Gasteiger partial charge on any atom is -0.386 e. The Morgan fingerprint density at radius 1 is 1.33 bits per heavy atom. The lowest BCUT2D eigenvalue weighted by Crippen LogP contribution is -2.37. The molecule has 0 spiro atoms. The third-order valence-electron chi connectivity index (χ3n) is 3.15. The maximum atomic E-state index is 12.9. The molecule has 2 rings (SSSR count). The summed E-state index contributed by atoms with van der Waals surface area (Å²) in [7, 11) is 0. The number of hydrogen-bond donors (Lipinski definition) is 2. The molecule has 2 N–H and O–H groups in total. The number of nitrogens with one attached hydrogen (secondary N) is 1. The van der Waals surface area contributed by atoms with Gasteiger partial charge in [0.05, 0.1) is 22.8 Å². The number of carbonyl (C=O) groups is 1. The Bertz CT molecular complexity index is 640. The molecular weight excluding hydrogens is 291 g/mol. The predicted molar refractivity (Wildman–Crippen MR) is 79.9 cm³/mol. The second kappa shape index (κ2) is 6.32. The highest BCUT2D eigenvalue weighted by Crippen LogP contribution is 2.20. The lowest BCUT2D eigenvalue weighted by Gasteiger charge is -2.20. The second-order valence-corrected chi connectivity index (χ2v) is 6.11. The topological polar surface area (TPSA) is 62.2 Å². The molecule has 0 aliphatic rings. The fourth-order valence-corrected chi connectivity index (χ4v) is 2.86. The van der Waals surface area contributed by atoms with Crippen molar-refractivity contribution in [2.24, 2.45) is 0 Å². The molecule has 0 saturated heterocycles. The third-order valence-corrected chi connectivity index (χ3v) is 4.23. The summed E-state index contributed by atoms with van der Waals surface area (Å²) in [6.07, 6.45) is -0.899. The number of carbonyl (C=O) groups excluding carboxylic acids is 1. The number of amides is 1. The van der Waals surface area contributed by atoms with Crippen LogP contribution in [0.4, 0.5) is 4.39 Å². The molecule has 1 amide bonds. The van der Waals surface area contributed by atoms with E-state index in [9.17, 15) is 14.3 Å². The van der Waals surface area contributed by atoms with Crippen molar-refractivity contribution in [2.75, 3.05) is 0 Å². The van der Waals surface area contributed by atoms with Crippen LogP contribution < -0.4 is 5.32 Å². The van der Waals surface area contributed by atoms with Crippen molar-refractivity contribution in [2.45, 2.75) is 32.9 Å². The van der Waals surface area contributed by atoms with Crippen LogP contribution in [0.15, 0.2) is 24.3 Å². The molecule has 2 atom stereocenters. The first kappa shape index (κ1) is 15.6. The molecular formula is C15H17FN2O2S. The van der Waals surface area contributed by atoms with Gasteiger partial charge >= 0.3 is 0 Å². The highest BCUT2D eigenvalue weighted by Gasteiger charge is 2.21. The summed E-state index contributed by atoms with van der Waals surface area (Å²) in [4.78, 5) is 16.9. The number of hydrogen-bond acceptors (Lipinski definition) is 4. The summed E-state index contributed by atoms with van der Waals surface area (Å²) >= 11 is 1.32. The largest absolute Gasteiger partial charge is 0.386 e. The average Bonchev–Trinajstić information content (AvgIpc) is 2.77. The summed E-state index contributed by atoms with van der Waals surface area (Å²) < 4.78 is 12.9. The van der Waals surface area contributed by atoms with E-state index in [-0.39, 0.29) is 11.7 Å². The minimum atomic E-state index is -0.899. The molecule has 2 unspecified atom stereocenters. The van der Waals surface area contributed by atoms with E-state index < -0.39 is 12.1 Å². The van der Waals surface area contributed by atoms with Gasteiger partial charge in [0.25, 0.3) is 5.91 Å². The summed E-state index contributed by atoms with van der Waals surface area (Å²) in [6, 6.07) is 5.08. The van der Waals surface area contributed by atoms with Crippen LogP contribution in [0.5, 0.6) is 0 Å². The summed E-state index contributed by atoms with van der Waals surface area (Å²) in [6.45, 7) is 5.32. The highest BCUT2D eigenvalue weighted by molar-refractivity contribution is 7.13. The second-order valence-electron chi connectivity index (χ2n) is 4.91. The Morgan fingerprint density at radius 3 is 2.48 bits per heavy atom. The van der Waals surface area contributed by atoms with Crippen molar-refractivity contribution in [3.05, 3.63) is 51.2 Å². The number of nitrogens with zero attached hydrogens (tertiary/aromatic N) is 1. The molecule has 6 heteroatoms. The lowest BCUT2D eigenvalue weighted by atomic mass is 10.0. The van der Waals surface area contributed by atoms with Gasteiger partial charge in [-0.1, -0.05) is 12.1 Å². The SMILES string of the molecule is Cc1nc(C)c(C(=O)NC(C)C(O)c2ccc(F)cc2)s1. The fourth-order valence-electron chi connectivity index (χ4n) is 2.04. The molecule has 0 bridgehead atoms. The van der Waals surface area contributed by atoms with E-state index >= 15 is 0 Å². The summed E-state index contributed by atoms with van der Waals surface area (Å²) in [5.74, 6) is -0.620. The van der Waals surface area contributed by atoms with Gasteiger partial charge in [-0.2, -0.15) is 0 Å². The Hall–Kier alpha value is -1.79. The Labute approximate surface area is 126 Å². The van der Waals surface area contributed by atoms with Gasteiger partial charge in [-0.25, -0.2) is 9.37 Å². The lowest BCUT2D eigenvalue weighted by molar-refractivity contribution is 0.0855. The molecule has 1 aromatic heterocycles. The number of benzene rings is 1. The van der Waals surface area contributed by atoms with Crippen molar-refractivity contribution in [1.29, 1.82) is 0 Å². The Balaban J connectivity index is 2.06. The van der Waals surface area contributed by atoms with Gasteiger partial charge in [-0.15, -0.1) is 11.3 Å². The highest BCUT2D eigenvalue weighted by atomic mass is 32.1. The van der Waals surface area contributed by atoms with Crippen LogP contribution in [0.2, 0.25) is 0 Å². The maximum absolute atomic E-state index is 12.9. The van der Waals surface area contributed by atoms with E-state index in [0.29, 0.717) is 16.1 Å². The first-order valence-electron chi connectivity index (χ1n) is 6.57. The first-order valence-corrected chi connectivity index (χ1v) is 7.38. The van der Waals surface area contributed by atoms with Crippen LogP contribution in [-0.4, -0.2) is 22.0 Å². The van der Waals surface area contributed by atoms with Gasteiger partial charge < -0.3 is 10.4 Å². The first-order chi connectivity index (χ1) is 9.88. The van der Waals surface area contributed by atoms with Gasteiger partial charge in [0, 0.05) is 0 Å². The molecule has 1 aromatic carbocycles. The average molecular weight is 308 g/mol.